The van der Waals surface area contributed by atoms with Gasteiger partial charge in [0.25, 0.3) is 0 Å². The first-order valence-electron chi connectivity index (χ1n) is 5.90. The van der Waals surface area contributed by atoms with Crippen molar-refractivity contribution in [3.63, 3.8) is 0 Å². The highest BCUT2D eigenvalue weighted by Crippen LogP contribution is 2.26. The highest BCUT2D eigenvalue weighted by molar-refractivity contribution is 9.10. The van der Waals surface area contributed by atoms with Crippen LogP contribution in [0.1, 0.15) is 28.2 Å². The van der Waals surface area contributed by atoms with E-state index in [1.165, 1.54) is 23.5 Å². The van der Waals surface area contributed by atoms with Gasteiger partial charge in [0, 0.05) is 9.35 Å². The molecule has 0 aliphatic rings. The van der Waals surface area contributed by atoms with Gasteiger partial charge in [0.15, 0.2) is 0 Å². The van der Waals surface area contributed by atoms with Crippen LogP contribution < -0.4 is 4.72 Å². The largest absolute Gasteiger partial charge is 0.478 e. The van der Waals surface area contributed by atoms with Crippen LogP contribution in [-0.4, -0.2) is 19.5 Å². The summed E-state index contributed by atoms with van der Waals surface area (Å²) in [6.45, 7) is 1.73. The first kappa shape index (κ1) is 16.2. The minimum Gasteiger partial charge on any atom is -0.478 e. The molecule has 0 saturated carbocycles. The molecule has 112 valence electrons. The molecule has 0 saturated heterocycles. The second kappa shape index (κ2) is 6.27. The third-order valence-electron chi connectivity index (χ3n) is 2.77. The van der Waals surface area contributed by atoms with E-state index in [1.54, 1.807) is 6.92 Å². The van der Waals surface area contributed by atoms with Gasteiger partial charge in [-0.25, -0.2) is 17.9 Å². The van der Waals surface area contributed by atoms with Gasteiger partial charge in [-0.1, -0.05) is 6.07 Å². The van der Waals surface area contributed by atoms with Crippen LogP contribution in [0.25, 0.3) is 0 Å². The van der Waals surface area contributed by atoms with Gasteiger partial charge < -0.3 is 5.11 Å². The predicted molar refractivity (Wildman–Crippen MR) is 84.2 cm³/mol. The van der Waals surface area contributed by atoms with Crippen LogP contribution >= 0.6 is 27.3 Å². The van der Waals surface area contributed by atoms with Gasteiger partial charge in [0.05, 0.1) is 16.5 Å². The fraction of sp³-hybridized carbons (Fsp3) is 0.154. The molecule has 1 atom stereocenters. The van der Waals surface area contributed by atoms with E-state index in [1.807, 2.05) is 17.5 Å². The summed E-state index contributed by atoms with van der Waals surface area (Å²) in [6, 6.07) is 7.17. The number of sulfonamides is 1. The smallest absolute Gasteiger partial charge is 0.335 e. The van der Waals surface area contributed by atoms with Crippen molar-refractivity contribution in [3.05, 3.63) is 50.6 Å². The molecule has 0 aliphatic heterocycles. The molecule has 2 rings (SSSR count). The Morgan fingerprint density at radius 3 is 2.67 bits per heavy atom. The Morgan fingerprint density at radius 2 is 2.10 bits per heavy atom. The molecular weight excluding hydrogens is 378 g/mol. The molecule has 1 aromatic heterocycles. The average molecular weight is 390 g/mol. The Balaban J connectivity index is 2.35. The number of benzene rings is 1. The quantitative estimate of drug-likeness (QED) is 0.821. The van der Waals surface area contributed by atoms with Crippen LogP contribution in [0.3, 0.4) is 0 Å². The molecule has 0 amide bonds. The number of halogens is 1. The lowest BCUT2D eigenvalue weighted by molar-refractivity contribution is 0.0696. The van der Waals surface area contributed by atoms with Crippen molar-refractivity contribution in [2.75, 3.05) is 0 Å². The van der Waals surface area contributed by atoms with Gasteiger partial charge in [-0.05, 0) is 52.5 Å². The molecule has 1 unspecified atom stereocenters. The molecule has 1 aromatic carbocycles. The average Bonchev–Trinajstić information content (AvgIpc) is 2.92. The van der Waals surface area contributed by atoms with Gasteiger partial charge in [-0.2, -0.15) is 0 Å². The molecular formula is C13H12BrNO4S2. The first-order valence-corrected chi connectivity index (χ1v) is 9.05. The lowest BCUT2D eigenvalue weighted by Gasteiger charge is -2.14. The Kier molecular flexibility index (Phi) is 4.82. The van der Waals surface area contributed by atoms with E-state index in [-0.39, 0.29) is 10.5 Å². The van der Waals surface area contributed by atoms with E-state index in [4.69, 9.17) is 5.11 Å². The predicted octanol–water partition coefficient (Wildman–Crippen LogP) is 3.25. The molecule has 0 aliphatic carbocycles. The van der Waals surface area contributed by atoms with Crippen LogP contribution in [0.4, 0.5) is 0 Å². The van der Waals surface area contributed by atoms with Crippen molar-refractivity contribution in [2.45, 2.75) is 17.9 Å². The van der Waals surface area contributed by atoms with Crippen LogP contribution in [0.5, 0.6) is 0 Å². The SMILES string of the molecule is CC(NS(=O)(=O)c1cc(C(=O)O)ccc1Br)c1cccs1. The van der Waals surface area contributed by atoms with Gasteiger partial charge in [-0.3, -0.25) is 0 Å². The Labute approximate surface area is 134 Å². The minimum absolute atomic E-state index is 0.0812. The molecule has 0 fully saturated rings. The van der Waals surface area contributed by atoms with Crippen molar-refractivity contribution in [1.29, 1.82) is 0 Å². The maximum Gasteiger partial charge on any atom is 0.335 e. The molecule has 0 radical (unpaired) electrons. The van der Waals surface area contributed by atoms with Gasteiger partial charge in [-0.15, -0.1) is 11.3 Å². The van der Waals surface area contributed by atoms with E-state index < -0.39 is 22.0 Å². The number of thiophene rings is 1. The van der Waals surface area contributed by atoms with Crippen molar-refractivity contribution < 1.29 is 18.3 Å². The summed E-state index contributed by atoms with van der Waals surface area (Å²) < 4.78 is 27.7. The molecule has 0 spiro atoms. The van der Waals surface area contributed by atoms with E-state index >= 15 is 0 Å². The number of hydrogen-bond donors (Lipinski definition) is 2. The second-order valence-corrected chi connectivity index (χ2v) is 7.82. The highest BCUT2D eigenvalue weighted by Gasteiger charge is 2.22. The van der Waals surface area contributed by atoms with E-state index in [9.17, 15) is 13.2 Å². The molecule has 5 nitrogen and oxygen atoms in total. The number of carboxylic acid groups (broad SMARTS) is 1. The monoisotopic (exact) mass is 389 g/mol. The fourth-order valence-corrected chi connectivity index (χ4v) is 4.76. The van der Waals surface area contributed by atoms with Gasteiger partial charge in [0.2, 0.25) is 10.0 Å². The van der Waals surface area contributed by atoms with Gasteiger partial charge >= 0.3 is 5.97 Å². The number of aromatic carboxylic acids is 1. The summed E-state index contributed by atoms with van der Waals surface area (Å²) >= 11 is 4.59. The first-order chi connectivity index (χ1) is 9.81. The summed E-state index contributed by atoms with van der Waals surface area (Å²) in [5, 5.41) is 10.8. The second-order valence-electron chi connectivity index (χ2n) is 4.31. The van der Waals surface area contributed by atoms with Crippen molar-refractivity contribution in [1.82, 2.24) is 4.72 Å². The van der Waals surface area contributed by atoms with Crippen LogP contribution in [0.2, 0.25) is 0 Å². The standard InChI is InChI=1S/C13H12BrNO4S2/c1-8(11-3-2-6-20-11)15-21(18,19)12-7-9(13(16)17)4-5-10(12)14/h2-8,15H,1H3,(H,16,17). The van der Waals surface area contributed by atoms with E-state index in [0.29, 0.717) is 4.47 Å². The molecule has 2 N–H and O–H groups in total. The number of carbonyl (C=O) groups is 1. The molecule has 1 heterocycles. The molecule has 0 bridgehead atoms. The van der Waals surface area contributed by atoms with Crippen LogP contribution in [-0.2, 0) is 10.0 Å². The van der Waals surface area contributed by atoms with Crippen molar-refractivity contribution in [2.24, 2.45) is 0 Å². The maximum absolute atomic E-state index is 12.4. The summed E-state index contributed by atoms with van der Waals surface area (Å²) in [7, 11) is -3.83. The normalized spacial score (nSPS) is 13.0. The summed E-state index contributed by atoms with van der Waals surface area (Å²) in [5.41, 5.74) is -0.0812. The maximum atomic E-state index is 12.4. The lowest BCUT2D eigenvalue weighted by atomic mass is 10.2. The highest BCUT2D eigenvalue weighted by atomic mass is 79.9. The third-order valence-corrected chi connectivity index (χ3v) is 6.36. The summed E-state index contributed by atoms with van der Waals surface area (Å²) in [6.07, 6.45) is 0. The Bertz CT molecular complexity index is 756. The van der Waals surface area contributed by atoms with E-state index in [0.717, 1.165) is 10.9 Å². The Morgan fingerprint density at radius 1 is 1.38 bits per heavy atom. The zero-order valence-corrected chi connectivity index (χ0v) is 14.1. The number of rotatable bonds is 5. The number of hydrogen-bond acceptors (Lipinski definition) is 4. The fourth-order valence-electron chi connectivity index (χ4n) is 1.73. The van der Waals surface area contributed by atoms with Crippen LogP contribution in [0.15, 0.2) is 45.1 Å². The van der Waals surface area contributed by atoms with Gasteiger partial charge in [0.1, 0.15) is 0 Å². The number of carboxylic acids is 1. The Hall–Kier alpha value is -1.22. The zero-order chi connectivity index (χ0) is 15.6. The van der Waals surface area contributed by atoms with Crippen molar-refractivity contribution >= 4 is 43.3 Å². The molecule has 2 aromatic rings. The number of nitrogens with one attached hydrogen (secondary N) is 1. The summed E-state index contributed by atoms with van der Waals surface area (Å²) in [5.74, 6) is -1.18. The minimum atomic E-state index is -3.83. The van der Waals surface area contributed by atoms with Crippen molar-refractivity contribution in [3.8, 4) is 0 Å². The zero-order valence-electron chi connectivity index (χ0n) is 10.9. The molecule has 8 heteroatoms. The molecule has 21 heavy (non-hydrogen) atoms. The third kappa shape index (κ3) is 3.70. The van der Waals surface area contributed by atoms with Crippen LogP contribution in [0, 0.1) is 0 Å². The topological polar surface area (TPSA) is 83.5 Å². The summed E-state index contributed by atoms with van der Waals surface area (Å²) in [4.78, 5) is 11.8. The van der Waals surface area contributed by atoms with E-state index in [2.05, 4.69) is 20.7 Å². The lowest BCUT2D eigenvalue weighted by Crippen LogP contribution is -2.27.